The lowest BCUT2D eigenvalue weighted by molar-refractivity contribution is -0.165. The molecule has 1 spiro atoms. The van der Waals surface area contributed by atoms with Gasteiger partial charge >= 0.3 is 11.8 Å². The van der Waals surface area contributed by atoms with E-state index in [1.807, 2.05) is 14.1 Å². The molecule has 0 aromatic heterocycles. The average molecular weight is 1000 g/mol. The number of piperidine rings is 2. The molecule has 9 atom stereocenters. The number of phenolic OH excluding ortho intramolecular Hbond substituents is 1. The molecule has 0 saturated carbocycles. The Bertz CT molecular complexity index is 2460. The van der Waals surface area contributed by atoms with Crippen LogP contribution in [0.5, 0.6) is 11.5 Å². The largest absolute Gasteiger partial charge is 0.507 e. The lowest BCUT2D eigenvalue weighted by Gasteiger charge is -2.38. The van der Waals surface area contributed by atoms with Gasteiger partial charge in [-0.25, -0.2) is 0 Å². The number of aromatic hydroxyl groups is 1. The number of amides is 2. The van der Waals surface area contributed by atoms with Crippen LogP contribution in [0, 0.1) is 36.5 Å². The number of likely N-dealkylation sites (tertiary alicyclic amines) is 2. The highest BCUT2D eigenvalue weighted by molar-refractivity contribution is 6.34. The Morgan fingerprint density at radius 3 is 2.22 bits per heavy atom. The zero-order valence-corrected chi connectivity index (χ0v) is 44.0. The SMILES string of the molecule is CO[C@H]1/C=C/O[C@@]2(C)Oc3c(C)c(O)c4c(c3C2=O)C2=NC3(CCN(CC(C)C)CC3)NC2=C(NC(=O)/C(C)=C\C=C\[C@H](C)[C@H](O)[C@@H](C)[C@@H](O)[C@@H](C)[C@H](OC(=O)CC(=O)N2CCC(N(C)C)CC2)[C@@H]1C)C4=O. The Hall–Kier alpha value is -5.40. The van der Waals surface area contributed by atoms with Crippen LogP contribution in [0.1, 0.15) is 119 Å². The number of methoxy groups -OCH3 is 1. The van der Waals surface area contributed by atoms with Crippen molar-refractivity contribution in [3.63, 3.8) is 0 Å². The number of rotatable bonds is 7. The summed E-state index contributed by atoms with van der Waals surface area (Å²) in [7, 11) is 5.45. The molecule has 18 heteroatoms. The predicted octanol–water partition coefficient (Wildman–Crippen LogP) is 4.54. The van der Waals surface area contributed by atoms with Gasteiger partial charge in [-0.1, -0.05) is 59.8 Å². The molecule has 0 unspecified atom stereocenters. The molecule has 6 aliphatic heterocycles. The van der Waals surface area contributed by atoms with E-state index in [4.69, 9.17) is 23.9 Å². The minimum Gasteiger partial charge on any atom is -0.507 e. The molecule has 5 bridgehead atoms. The number of phenols is 1. The first-order valence-electron chi connectivity index (χ1n) is 25.5. The molecule has 8 rings (SSSR count). The van der Waals surface area contributed by atoms with Crippen molar-refractivity contribution >= 4 is 35.1 Å². The number of hydrogen-bond acceptors (Lipinski definition) is 16. The van der Waals surface area contributed by atoms with Gasteiger partial charge in [0.15, 0.2) is 0 Å². The number of aliphatic imine (C=N–C) groups is 1. The van der Waals surface area contributed by atoms with Crippen molar-refractivity contribution in [2.24, 2.45) is 34.6 Å². The van der Waals surface area contributed by atoms with Gasteiger partial charge < -0.3 is 59.6 Å². The van der Waals surface area contributed by atoms with Crippen LogP contribution in [0.2, 0.25) is 0 Å². The summed E-state index contributed by atoms with van der Waals surface area (Å²) in [6.07, 6.45) is 5.49. The number of nitrogens with one attached hydrogen (secondary N) is 2. The minimum atomic E-state index is -2.03. The molecule has 6 heterocycles. The van der Waals surface area contributed by atoms with E-state index < -0.39 is 95.2 Å². The van der Waals surface area contributed by atoms with Crippen LogP contribution in [-0.2, 0) is 28.6 Å². The molecule has 2 amide bonds. The topological polar surface area (TPSA) is 229 Å². The van der Waals surface area contributed by atoms with Crippen LogP contribution in [0.3, 0.4) is 0 Å². The number of nitrogens with zero attached hydrogens (tertiary/aromatic N) is 4. The van der Waals surface area contributed by atoms with E-state index in [0.717, 1.165) is 19.4 Å². The molecule has 2 fully saturated rings. The second-order valence-corrected chi connectivity index (χ2v) is 21.7. The molecular weight excluding hydrogens is 925 g/mol. The predicted molar refractivity (Wildman–Crippen MR) is 269 cm³/mol. The monoisotopic (exact) mass is 1000 g/mol. The number of benzene rings is 1. The third-order valence-corrected chi connectivity index (χ3v) is 15.8. The highest BCUT2D eigenvalue weighted by Gasteiger charge is 2.54. The number of fused-ring (bicyclic) bond motifs is 13. The van der Waals surface area contributed by atoms with Crippen LogP contribution >= 0.6 is 0 Å². The van der Waals surface area contributed by atoms with Crippen LogP contribution in [-0.4, -0.2) is 161 Å². The van der Waals surface area contributed by atoms with Gasteiger partial charge in [0.2, 0.25) is 11.7 Å². The van der Waals surface area contributed by atoms with Crippen LogP contribution in [0.25, 0.3) is 0 Å². The lowest BCUT2D eigenvalue weighted by Crippen LogP contribution is -2.50. The maximum Gasteiger partial charge on any atom is 0.315 e. The van der Waals surface area contributed by atoms with Gasteiger partial charge in [-0.3, -0.25) is 29.0 Å². The molecule has 0 radical (unpaired) electrons. The fourth-order valence-corrected chi connectivity index (χ4v) is 11.1. The number of allylic oxidation sites excluding steroid dienone is 4. The number of hydrogen-bond donors (Lipinski definition) is 5. The van der Waals surface area contributed by atoms with E-state index in [9.17, 15) is 39.3 Å². The van der Waals surface area contributed by atoms with Crippen molar-refractivity contribution in [2.45, 2.75) is 136 Å². The highest BCUT2D eigenvalue weighted by Crippen LogP contribution is 2.50. The number of ether oxygens (including phenoxy) is 4. The number of carbonyl (C=O) groups is 5. The molecular formula is C54H76N6O12. The fraction of sp³-hybridized carbons (Fsp3) is 0.630. The van der Waals surface area contributed by atoms with Crippen LogP contribution in [0.4, 0.5) is 0 Å². The summed E-state index contributed by atoms with van der Waals surface area (Å²) in [4.78, 5) is 82.4. The maximum absolute atomic E-state index is 14.9. The van der Waals surface area contributed by atoms with E-state index in [0.29, 0.717) is 51.0 Å². The second kappa shape index (κ2) is 21.6. The maximum atomic E-state index is 14.9. The van der Waals surface area contributed by atoms with Gasteiger partial charge in [-0.2, -0.15) is 0 Å². The summed E-state index contributed by atoms with van der Waals surface area (Å²) in [6.45, 7) is 19.1. The molecule has 1 aliphatic carbocycles. The normalized spacial score (nSPS) is 32.1. The zero-order chi connectivity index (χ0) is 52.7. The number of esters is 1. The molecule has 7 aliphatic rings. The highest BCUT2D eigenvalue weighted by atomic mass is 16.7. The third kappa shape index (κ3) is 10.7. The van der Waals surface area contributed by atoms with Crippen molar-refractivity contribution in [3.05, 3.63) is 69.8 Å². The van der Waals surface area contributed by atoms with Gasteiger partial charge in [0.1, 0.15) is 35.4 Å². The van der Waals surface area contributed by atoms with E-state index in [1.165, 1.54) is 33.3 Å². The van der Waals surface area contributed by atoms with Crippen molar-refractivity contribution in [2.75, 3.05) is 53.9 Å². The van der Waals surface area contributed by atoms with Crippen molar-refractivity contribution in [3.8, 4) is 11.5 Å². The smallest absolute Gasteiger partial charge is 0.315 e. The number of carbonyl (C=O) groups excluding carboxylic acids is 5. The summed E-state index contributed by atoms with van der Waals surface area (Å²) in [5, 5.41) is 41.8. The lowest BCUT2D eigenvalue weighted by atomic mass is 9.78. The van der Waals surface area contributed by atoms with E-state index >= 15 is 0 Å². The number of aliphatic hydroxyl groups is 2. The Labute approximate surface area is 423 Å². The second-order valence-electron chi connectivity index (χ2n) is 21.7. The van der Waals surface area contributed by atoms with Gasteiger partial charge in [-0.05, 0) is 52.8 Å². The molecule has 72 heavy (non-hydrogen) atoms. The first-order chi connectivity index (χ1) is 33.9. The first kappa shape index (κ1) is 54.4. The Morgan fingerprint density at radius 1 is 0.931 bits per heavy atom. The summed E-state index contributed by atoms with van der Waals surface area (Å²) >= 11 is 0. The molecule has 18 nitrogen and oxygen atoms in total. The van der Waals surface area contributed by atoms with Gasteiger partial charge in [0.25, 0.3) is 11.7 Å². The summed E-state index contributed by atoms with van der Waals surface area (Å²) in [5.41, 5.74) is -0.376. The van der Waals surface area contributed by atoms with E-state index in [-0.39, 0.29) is 56.6 Å². The van der Waals surface area contributed by atoms with Gasteiger partial charge in [-0.15, -0.1) is 0 Å². The number of Topliss-reactive ketones (excluding diaryl/α,β-unsaturated/α-hetero) is 2. The summed E-state index contributed by atoms with van der Waals surface area (Å²) < 4.78 is 24.6. The standard InChI is InChI=1S/C54H76N6O12/c1-28(2)27-59-23-19-54(20-24-59)56-42-39-40-47(65)34(8)50-41(39)51(67)53(9,72-50)70-25-18-36(69-12)31(5)49(71-38(62)26-37(61)60-21-16-35(17-22-60)58(10)11)33(7)46(64)32(6)45(63)29(3)14-13-15-30(4)52(68)55-44(48(40)66)43(42)57-54/h13-15,18,25,28-29,31-33,35-36,45-46,49,57,63-65H,16-17,19-24,26-27H2,1-12H3,(H,55,68)/b14-13+,25-18+,30-15-/t29-,31+,32+,33+,36-,45-,46+,49+,53-/m0/s1. The van der Waals surface area contributed by atoms with Gasteiger partial charge in [0.05, 0.1) is 47.1 Å². The van der Waals surface area contributed by atoms with Gasteiger partial charge in [0, 0.05) is 106 Å². The fourth-order valence-electron chi connectivity index (χ4n) is 11.1. The number of aliphatic hydroxyl groups excluding tert-OH is 2. The Kier molecular flexibility index (Phi) is 16.3. The first-order valence-corrected chi connectivity index (χ1v) is 25.5. The number of ketones is 2. The van der Waals surface area contributed by atoms with Crippen LogP contribution < -0.4 is 15.4 Å². The van der Waals surface area contributed by atoms with E-state index in [1.54, 1.807) is 57.7 Å². The minimum absolute atomic E-state index is 0.00637. The quantitative estimate of drug-likeness (QED) is 0.187. The summed E-state index contributed by atoms with van der Waals surface area (Å²) in [5.74, 6) is -7.97. The third-order valence-electron chi connectivity index (χ3n) is 15.8. The molecule has 1 aromatic carbocycles. The summed E-state index contributed by atoms with van der Waals surface area (Å²) in [6, 6.07) is 0.332. The Balaban J connectivity index is 1.27. The molecule has 394 valence electrons. The van der Waals surface area contributed by atoms with Crippen molar-refractivity contribution in [1.82, 2.24) is 25.3 Å². The van der Waals surface area contributed by atoms with Crippen molar-refractivity contribution in [1.29, 1.82) is 0 Å². The van der Waals surface area contributed by atoms with Crippen LogP contribution in [0.15, 0.2) is 52.5 Å². The Morgan fingerprint density at radius 2 is 1.60 bits per heavy atom. The van der Waals surface area contributed by atoms with E-state index in [2.05, 4.69) is 34.3 Å². The molecule has 1 aromatic rings. The molecule has 2 saturated heterocycles. The average Bonchev–Trinajstić information content (AvgIpc) is 3.84. The van der Waals surface area contributed by atoms with Crippen molar-refractivity contribution < 1.29 is 58.2 Å². The molecule has 5 N–H and O–H groups in total. The zero-order valence-electron chi connectivity index (χ0n) is 44.0.